The van der Waals surface area contributed by atoms with E-state index in [2.05, 4.69) is 45.0 Å². The molecule has 96 valence electrons. The fourth-order valence-corrected chi connectivity index (χ4v) is 2.01. The van der Waals surface area contributed by atoms with Gasteiger partial charge >= 0.3 is 0 Å². The first-order chi connectivity index (χ1) is 7.41. The Hall–Kier alpha value is -0.120. The number of hydrogen-bond donors (Lipinski definition) is 1. The normalized spacial score (nSPS) is 24.8. The smallest absolute Gasteiger partial charge is 0.0712 e. The molecule has 0 aromatic rings. The van der Waals surface area contributed by atoms with E-state index in [0.29, 0.717) is 17.6 Å². The molecule has 16 heavy (non-hydrogen) atoms. The molecule has 0 radical (unpaired) electrons. The van der Waals surface area contributed by atoms with Gasteiger partial charge in [0.05, 0.1) is 12.7 Å². The lowest BCUT2D eigenvalue weighted by molar-refractivity contribution is 0.0131. The first-order valence-corrected chi connectivity index (χ1v) is 6.44. The van der Waals surface area contributed by atoms with Crippen molar-refractivity contribution in [2.75, 3.05) is 33.3 Å². The molecule has 0 amide bonds. The van der Waals surface area contributed by atoms with Crippen LogP contribution in [0.3, 0.4) is 0 Å². The summed E-state index contributed by atoms with van der Waals surface area (Å²) in [6, 6.07) is 0.601. The summed E-state index contributed by atoms with van der Waals surface area (Å²) in [5.74, 6) is 0. The highest BCUT2D eigenvalue weighted by molar-refractivity contribution is 4.78. The molecule has 0 spiro atoms. The van der Waals surface area contributed by atoms with Crippen LogP contribution in [0.2, 0.25) is 0 Å². The van der Waals surface area contributed by atoms with Gasteiger partial charge in [0.25, 0.3) is 0 Å². The van der Waals surface area contributed by atoms with Gasteiger partial charge in [-0.3, -0.25) is 0 Å². The topological polar surface area (TPSA) is 24.5 Å². The molecule has 0 aromatic carbocycles. The number of nitrogens with zero attached hydrogens (tertiary/aromatic N) is 1. The van der Waals surface area contributed by atoms with Crippen LogP contribution in [0.4, 0.5) is 0 Å². The highest BCUT2D eigenvalue weighted by atomic mass is 16.5. The third-order valence-corrected chi connectivity index (χ3v) is 3.72. The SMILES string of the molecule is CC(N(C)CCC1CNCCO1)C(C)(C)C. The van der Waals surface area contributed by atoms with E-state index in [9.17, 15) is 0 Å². The van der Waals surface area contributed by atoms with Crippen LogP contribution >= 0.6 is 0 Å². The van der Waals surface area contributed by atoms with Crippen molar-refractivity contribution >= 4 is 0 Å². The number of hydrogen-bond acceptors (Lipinski definition) is 3. The van der Waals surface area contributed by atoms with Crippen LogP contribution in [0.1, 0.15) is 34.1 Å². The quantitative estimate of drug-likeness (QED) is 0.793. The molecule has 1 fully saturated rings. The minimum Gasteiger partial charge on any atom is -0.376 e. The molecular weight excluding hydrogens is 200 g/mol. The molecule has 1 rings (SSSR count). The average Bonchev–Trinajstić information content (AvgIpc) is 2.25. The second kappa shape index (κ2) is 5.99. The fourth-order valence-electron chi connectivity index (χ4n) is 2.01. The van der Waals surface area contributed by atoms with Crippen LogP contribution in [-0.4, -0.2) is 50.3 Å². The van der Waals surface area contributed by atoms with Gasteiger partial charge in [-0.1, -0.05) is 20.8 Å². The van der Waals surface area contributed by atoms with Crippen molar-refractivity contribution in [3.8, 4) is 0 Å². The molecule has 1 aliphatic rings. The summed E-state index contributed by atoms with van der Waals surface area (Å²) in [7, 11) is 2.21. The molecule has 0 aliphatic carbocycles. The van der Waals surface area contributed by atoms with Gasteiger partial charge in [0.15, 0.2) is 0 Å². The Bertz CT molecular complexity index is 195. The van der Waals surface area contributed by atoms with E-state index in [-0.39, 0.29) is 0 Å². The van der Waals surface area contributed by atoms with E-state index < -0.39 is 0 Å². The largest absolute Gasteiger partial charge is 0.376 e. The van der Waals surface area contributed by atoms with Crippen LogP contribution in [0.15, 0.2) is 0 Å². The van der Waals surface area contributed by atoms with Crippen molar-refractivity contribution in [3.05, 3.63) is 0 Å². The molecule has 0 bridgehead atoms. The average molecular weight is 228 g/mol. The first-order valence-electron chi connectivity index (χ1n) is 6.44. The van der Waals surface area contributed by atoms with Gasteiger partial charge in [-0.2, -0.15) is 0 Å². The summed E-state index contributed by atoms with van der Waals surface area (Å²) >= 11 is 0. The van der Waals surface area contributed by atoms with Crippen LogP contribution in [0.25, 0.3) is 0 Å². The lowest BCUT2D eigenvalue weighted by Crippen LogP contribution is -2.43. The van der Waals surface area contributed by atoms with Crippen molar-refractivity contribution < 1.29 is 4.74 Å². The molecule has 0 saturated carbocycles. The minimum atomic E-state index is 0.348. The molecule has 0 aromatic heterocycles. The van der Waals surface area contributed by atoms with Gasteiger partial charge in [-0.05, 0) is 25.8 Å². The molecule has 1 saturated heterocycles. The molecule has 2 unspecified atom stereocenters. The van der Waals surface area contributed by atoms with E-state index >= 15 is 0 Å². The Balaban J connectivity index is 2.25. The highest BCUT2D eigenvalue weighted by Gasteiger charge is 2.24. The Morgan fingerprint density at radius 3 is 2.62 bits per heavy atom. The second-order valence-electron chi connectivity index (χ2n) is 6.01. The maximum Gasteiger partial charge on any atom is 0.0712 e. The zero-order chi connectivity index (χ0) is 12.2. The molecule has 2 atom stereocenters. The van der Waals surface area contributed by atoms with E-state index in [4.69, 9.17) is 4.74 Å². The van der Waals surface area contributed by atoms with E-state index in [1.165, 1.54) is 0 Å². The van der Waals surface area contributed by atoms with Crippen LogP contribution < -0.4 is 5.32 Å². The first kappa shape index (κ1) is 13.9. The lowest BCUT2D eigenvalue weighted by Gasteiger charge is -2.36. The van der Waals surface area contributed by atoms with Gasteiger partial charge in [-0.15, -0.1) is 0 Å². The third-order valence-electron chi connectivity index (χ3n) is 3.72. The standard InChI is InChI=1S/C13H28N2O/c1-11(13(2,3)4)15(5)8-6-12-10-14-7-9-16-12/h11-12,14H,6-10H2,1-5H3. The van der Waals surface area contributed by atoms with E-state index in [0.717, 1.165) is 32.7 Å². The van der Waals surface area contributed by atoms with Crippen molar-refractivity contribution in [3.63, 3.8) is 0 Å². The van der Waals surface area contributed by atoms with Crippen LogP contribution in [0, 0.1) is 5.41 Å². The molecule has 1 heterocycles. The number of rotatable bonds is 4. The molecule has 1 N–H and O–H groups in total. The lowest BCUT2D eigenvalue weighted by atomic mass is 9.87. The van der Waals surface area contributed by atoms with Crippen LogP contribution in [-0.2, 0) is 4.74 Å². The number of ether oxygens (including phenoxy) is 1. The summed E-state index contributed by atoms with van der Waals surface area (Å²) in [5.41, 5.74) is 0.348. The maximum absolute atomic E-state index is 5.70. The summed E-state index contributed by atoms with van der Waals surface area (Å²) in [6.07, 6.45) is 1.53. The van der Waals surface area contributed by atoms with Gasteiger partial charge in [0, 0.05) is 25.7 Å². The Morgan fingerprint density at radius 1 is 1.44 bits per heavy atom. The summed E-state index contributed by atoms with van der Waals surface area (Å²) in [4.78, 5) is 2.44. The predicted octanol–water partition coefficient (Wildman–Crippen LogP) is 1.73. The number of nitrogens with one attached hydrogen (secondary N) is 1. The van der Waals surface area contributed by atoms with Gasteiger partial charge in [0.1, 0.15) is 0 Å². The van der Waals surface area contributed by atoms with E-state index in [1.807, 2.05) is 0 Å². The fraction of sp³-hybridized carbons (Fsp3) is 1.00. The second-order valence-corrected chi connectivity index (χ2v) is 6.01. The Morgan fingerprint density at radius 2 is 2.12 bits per heavy atom. The van der Waals surface area contributed by atoms with Crippen molar-refractivity contribution in [1.82, 2.24) is 10.2 Å². The van der Waals surface area contributed by atoms with Gasteiger partial charge < -0.3 is 15.0 Å². The van der Waals surface area contributed by atoms with Gasteiger partial charge in [-0.25, -0.2) is 0 Å². The van der Waals surface area contributed by atoms with Crippen LogP contribution in [0.5, 0.6) is 0 Å². The zero-order valence-electron chi connectivity index (χ0n) is 11.5. The molecule has 3 nitrogen and oxygen atoms in total. The summed E-state index contributed by atoms with van der Waals surface area (Å²) in [5, 5.41) is 3.37. The molecule has 1 aliphatic heterocycles. The zero-order valence-corrected chi connectivity index (χ0v) is 11.5. The van der Waals surface area contributed by atoms with Crippen molar-refractivity contribution in [2.45, 2.75) is 46.3 Å². The summed E-state index contributed by atoms with van der Waals surface area (Å²) in [6.45, 7) is 13.2. The van der Waals surface area contributed by atoms with Crippen molar-refractivity contribution in [1.29, 1.82) is 0 Å². The van der Waals surface area contributed by atoms with Crippen molar-refractivity contribution in [2.24, 2.45) is 5.41 Å². The Labute approximate surface area is 101 Å². The highest BCUT2D eigenvalue weighted by Crippen LogP contribution is 2.23. The minimum absolute atomic E-state index is 0.348. The maximum atomic E-state index is 5.70. The monoisotopic (exact) mass is 228 g/mol. The third kappa shape index (κ3) is 4.40. The predicted molar refractivity (Wildman–Crippen MR) is 68.8 cm³/mol. The summed E-state index contributed by atoms with van der Waals surface area (Å²) < 4.78 is 5.70. The molecule has 3 heteroatoms. The van der Waals surface area contributed by atoms with E-state index in [1.54, 1.807) is 0 Å². The van der Waals surface area contributed by atoms with Gasteiger partial charge in [0.2, 0.25) is 0 Å². The number of morpholine rings is 1. The molecular formula is C13H28N2O. The Kier molecular flexibility index (Phi) is 5.22.